The van der Waals surface area contributed by atoms with Gasteiger partial charge in [0.25, 0.3) is 0 Å². The van der Waals surface area contributed by atoms with E-state index in [-0.39, 0.29) is 24.5 Å². The molecule has 1 unspecified atom stereocenters. The van der Waals surface area contributed by atoms with E-state index in [1.54, 1.807) is 0 Å². The second-order valence-electron chi connectivity index (χ2n) is 3.15. The number of aliphatic hydroxyl groups is 1. The zero-order valence-electron chi connectivity index (χ0n) is 7.34. The van der Waals surface area contributed by atoms with Crippen LogP contribution in [0.4, 0.5) is 0 Å². The fourth-order valence-electron chi connectivity index (χ4n) is 1.07. The third kappa shape index (κ3) is 2.19. The third-order valence-corrected chi connectivity index (χ3v) is 2.21. The van der Waals surface area contributed by atoms with Gasteiger partial charge < -0.3 is 15.7 Å². The summed E-state index contributed by atoms with van der Waals surface area (Å²) in [5.74, 6) is 0.181. The van der Waals surface area contributed by atoms with Crippen molar-refractivity contribution in [1.29, 1.82) is 0 Å². The highest BCUT2D eigenvalue weighted by Gasteiger charge is 2.25. The number of carbonyl (C=O) groups excluding carboxylic acids is 1. The Kier molecular flexibility index (Phi) is 3.49. The number of nitrogens with one attached hydrogen (secondary N) is 2. The summed E-state index contributed by atoms with van der Waals surface area (Å²) in [5, 5.41) is 14.6. The molecular weight excluding hydrogens is 156 g/mol. The van der Waals surface area contributed by atoms with Crippen molar-refractivity contribution in [2.45, 2.75) is 19.4 Å². The van der Waals surface area contributed by atoms with E-state index in [1.807, 2.05) is 6.92 Å². The fourth-order valence-corrected chi connectivity index (χ4v) is 1.07. The Morgan fingerprint density at radius 1 is 1.75 bits per heavy atom. The molecule has 3 N–H and O–H groups in total. The first-order valence-electron chi connectivity index (χ1n) is 4.39. The van der Waals surface area contributed by atoms with Crippen molar-refractivity contribution in [1.82, 2.24) is 10.6 Å². The lowest BCUT2D eigenvalue weighted by Gasteiger charge is -2.27. The molecule has 4 nitrogen and oxygen atoms in total. The maximum Gasteiger partial charge on any atom is 0.225 e. The van der Waals surface area contributed by atoms with Crippen molar-refractivity contribution < 1.29 is 9.90 Å². The van der Waals surface area contributed by atoms with Gasteiger partial charge >= 0.3 is 0 Å². The van der Waals surface area contributed by atoms with E-state index >= 15 is 0 Å². The van der Waals surface area contributed by atoms with Crippen LogP contribution in [0.3, 0.4) is 0 Å². The maximum atomic E-state index is 11.3. The normalized spacial score (nSPS) is 19.8. The molecule has 0 aliphatic carbocycles. The predicted molar refractivity (Wildman–Crippen MR) is 45.7 cm³/mol. The predicted octanol–water partition coefficient (Wildman–Crippen LogP) is -0.907. The average molecular weight is 172 g/mol. The standard InChI is InChI=1S/C8H16N2O2/c1-2-7(5-11)10-8(12)6-3-9-4-6/h6-7,9,11H,2-5H2,1H3,(H,10,12). The van der Waals surface area contributed by atoms with Crippen LogP contribution in [0.25, 0.3) is 0 Å². The lowest BCUT2D eigenvalue weighted by Crippen LogP contribution is -2.53. The number of hydrogen-bond donors (Lipinski definition) is 3. The molecule has 70 valence electrons. The van der Waals surface area contributed by atoms with Gasteiger partial charge in [0.15, 0.2) is 0 Å². The quantitative estimate of drug-likeness (QED) is 0.514. The van der Waals surface area contributed by atoms with Crippen molar-refractivity contribution in [2.75, 3.05) is 19.7 Å². The smallest absolute Gasteiger partial charge is 0.225 e. The van der Waals surface area contributed by atoms with E-state index in [9.17, 15) is 4.79 Å². The molecule has 0 aromatic carbocycles. The molecule has 0 aromatic rings. The summed E-state index contributed by atoms with van der Waals surface area (Å²) >= 11 is 0. The summed E-state index contributed by atoms with van der Waals surface area (Å²) in [6.07, 6.45) is 0.780. The fraction of sp³-hybridized carbons (Fsp3) is 0.875. The minimum absolute atomic E-state index is 0.0301. The molecule has 0 aromatic heterocycles. The van der Waals surface area contributed by atoms with Crippen LogP contribution in [0.5, 0.6) is 0 Å². The summed E-state index contributed by atoms with van der Waals surface area (Å²) in [4.78, 5) is 11.3. The lowest BCUT2D eigenvalue weighted by atomic mass is 10.0. The molecule has 0 saturated carbocycles. The molecule has 1 aliphatic rings. The van der Waals surface area contributed by atoms with Gasteiger partial charge in [0.05, 0.1) is 18.6 Å². The minimum atomic E-state index is -0.0712. The largest absolute Gasteiger partial charge is 0.394 e. The van der Waals surface area contributed by atoms with Crippen molar-refractivity contribution >= 4 is 5.91 Å². The second kappa shape index (κ2) is 4.42. The van der Waals surface area contributed by atoms with E-state index in [0.717, 1.165) is 19.5 Å². The molecule has 1 fully saturated rings. The van der Waals surface area contributed by atoms with Gasteiger partial charge in [0.2, 0.25) is 5.91 Å². The Hall–Kier alpha value is -0.610. The SMILES string of the molecule is CCC(CO)NC(=O)C1CNC1. The van der Waals surface area contributed by atoms with Crippen LogP contribution in [-0.2, 0) is 4.79 Å². The van der Waals surface area contributed by atoms with Crippen LogP contribution in [0.1, 0.15) is 13.3 Å². The summed E-state index contributed by atoms with van der Waals surface area (Å²) < 4.78 is 0. The highest BCUT2D eigenvalue weighted by molar-refractivity contribution is 5.80. The molecule has 1 amide bonds. The molecule has 1 saturated heterocycles. The number of hydrogen-bond acceptors (Lipinski definition) is 3. The van der Waals surface area contributed by atoms with E-state index in [0.29, 0.717) is 0 Å². The number of amides is 1. The average Bonchev–Trinajstić information content (AvgIpc) is 1.96. The van der Waals surface area contributed by atoms with E-state index in [2.05, 4.69) is 10.6 Å². The number of aliphatic hydroxyl groups excluding tert-OH is 1. The topological polar surface area (TPSA) is 61.4 Å². The van der Waals surface area contributed by atoms with Gasteiger partial charge in [0, 0.05) is 13.1 Å². The third-order valence-electron chi connectivity index (χ3n) is 2.21. The number of carbonyl (C=O) groups is 1. The maximum absolute atomic E-state index is 11.3. The zero-order valence-corrected chi connectivity index (χ0v) is 7.34. The molecule has 1 heterocycles. The molecule has 0 bridgehead atoms. The Morgan fingerprint density at radius 2 is 2.42 bits per heavy atom. The van der Waals surface area contributed by atoms with Crippen molar-refractivity contribution in [3.8, 4) is 0 Å². The lowest BCUT2D eigenvalue weighted by molar-refractivity contribution is -0.127. The molecule has 1 rings (SSSR count). The highest BCUT2D eigenvalue weighted by atomic mass is 16.3. The Morgan fingerprint density at radius 3 is 2.75 bits per heavy atom. The van der Waals surface area contributed by atoms with Gasteiger partial charge in [-0.2, -0.15) is 0 Å². The van der Waals surface area contributed by atoms with Gasteiger partial charge in [-0.25, -0.2) is 0 Å². The molecule has 1 atom stereocenters. The van der Waals surface area contributed by atoms with Crippen molar-refractivity contribution in [3.63, 3.8) is 0 Å². The monoisotopic (exact) mass is 172 g/mol. The van der Waals surface area contributed by atoms with Gasteiger partial charge in [0.1, 0.15) is 0 Å². The van der Waals surface area contributed by atoms with Gasteiger partial charge in [-0.15, -0.1) is 0 Å². The zero-order chi connectivity index (χ0) is 8.97. The first kappa shape index (κ1) is 9.48. The molecule has 0 spiro atoms. The highest BCUT2D eigenvalue weighted by Crippen LogP contribution is 2.03. The van der Waals surface area contributed by atoms with E-state index in [4.69, 9.17) is 5.11 Å². The first-order chi connectivity index (χ1) is 5.77. The Balaban J connectivity index is 2.23. The molecule has 1 aliphatic heterocycles. The van der Waals surface area contributed by atoms with Gasteiger partial charge in [-0.05, 0) is 6.42 Å². The molecular formula is C8H16N2O2. The second-order valence-corrected chi connectivity index (χ2v) is 3.15. The number of rotatable bonds is 4. The van der Waals surface area contributed by atoms with Crippen LogP contribution >= 0.6 is 0 Å². The van der Waals surface area contributed by atoms with Crippen LogP contribution in [0.15, 0.2) is 0 Å². The van der Waals surface area contributed by atoms with Gasteiger partial charge in [-0.3, -0.25) is 4.79 Å². The Labute approximate surface area is 72.3 Å². The Bertz CT molecular complexity index is 153. The molecule has 12 heavy (non-hydrogen) atoms. The molecule has 0 radical (unpaired) electrons. The van der Waals surface area contributed by atoms with Crippen molar-refractivity contribution in [3.05, 3.63) is 0 Å². The first-order valence-corrected chi connectivity index (χ1v) is 4.39. The van der Waals surface area contributed by atoms with Crippen LogP contribution in [0.2, 0.25) is 0 Å². The van der Waals surface area contributed by atoms with E-state index in [1.165, 1.54) is 0 Å². The minimum Gasteiger partial charge on any atom is -0.394 e. The summed E-state index contributed by atoms with van der Waals surface area (Å²) in [7, 11) is 0. The van der Waals surface area contributed by atoms with Crippen molar-refractivity contribution in [2.24, 2.45) is 5.92 Å². The summed E-state index contributed by atoms with van der Waals surface area (Å²) in [5.41, 5.74) is 0. The van der Waals surface area contributed by atoms with Crippen LogP contribution in [-0.4, -0.2) is 36.8 Å². The van der Waals surface area contributed by atoms with Crippen LogP contribution in [0, 0.1) is 5.92 Å². The van der Waals surface area contributed by atoms with Gasteiger partial charge in [-0.1, -0.05) is 6.92 Å². The summed E-state index contributed by atoms with van der Waals surface area (Å²) in [6.45, 7) is 3.52. The molecule has 4 heteroatoms. The summed E-state index contributed by atoms with van der Waals surface area (Å²) in [6, 6.07) is -0.0712. The van der Waals surface area contributed by atoms with Crippen LogP contribution < -0.4 is 10.6 Å². The van der Waals surface area contributed by atoms with E-state index < -0.39 is 0 Å².